The van der Waals surface area contributed by atoms with Crippen LogP contribution in [0.1, 0.15) is 30.9 Å². The lowest BCUT2D eigenvalue weighted by Gasteiger charge is -2.10. The van der Waals surface area contributed by atoms with Crippen LogP contribution in [-0.2, 0) is 6.42 Å². The first kappa shape index (κ1) is 14.6. The van der Waals surface area contributed by atoms with Gasteiger partial charge in [0.1, 0.15) is 11.5 Å². The fourth-order valence-corrected chi connectivity index (χ4v) is 2.25. The molecule has 0 saturated carbocycles. The van der Waals surface area contributed by atoms with E-state index in [1.54, 1.807) is 0 Å². The third-order valence-electron chi connectivity index (χ3n) is 3.40. The predicted octanol–water partition coefficient (Wildman–Crippen LogP) is 4.46. The van der Waals surface area contributed by atoms with Gasteiger partial charge in [0.2, 0.25) is 0 Å². The number of para-hydroxylation sites is 1. The molecule has 2 aromatic rings. The molecule has 0 aliphatic carbocycles. The molecule has 0 amide bonds. The highest BCUT2D eigenvalue weighted by Gasteiger charge is 2.03. The average Bonchev–Trinajstić information content (AvgIpc) is 2.42. The highest BCUT2D eigenvalue weighted by atomic mass is 16.5. The summed E-state index contributed by atoms with van der Waals surface area (Å²) in [5.41, 5.74) is 8.45. The van der Waals surface area contributed by atoms with Gasteiger partial charge in [-0.1, -0.05) is 24.3 Å². The SMILES string of the molecule is Cc1cc(Oc2ccccc2)ccc1CCCC(C)N. The standard InChI is InChI=1S/C18H23NO/c1-14-13-18(20-17-9-4-3-5-10-17)12-11-16(14)8-6-7-15(2)19/h3-5,9-13,15H,6-8,19H2,1-2H3. The summed E-state index contributed by atoms with van der Waals surface area (Å²) in [4.78, 5) is 0. The van der Waals surface area contributed by atoms with Crippen molar-refractivity contribution in [1.29, 1.82) is 0 Å². The van der Waals surface area contributed by atoms with Gasteiger partial charge < -0.3 is 10.5 Å². The molecule has 0 aliphatic rings. The summed E-state index contributed by atoms with van der Waals surface area (Å²) in [6.07, 6.45) is 3.29. The molecular weight excluding hydrogens is 246 g/mol. The zero-order valence-corrected chi connectivity index (χ0v) is 12.3. The first-order valence-corrected chi connectivity index (χ1v) is 7.23. The van der Waals surface area contributed by atoms with Crippen molar-refractivity contribution in [3.63, 3.8) is 0 Å². The molecule has 2 aromatic carbocycles. The molecule has 2 heteroatoms. The van der Waals surface area contributed by atoms with E-state index in [4.69, 9.17) is 10.5 Å². The molecule has 1 atom stereocenters. The van der Waals surface area contributed by atoms with Crippen molar-refractivity contribution in [1.82, 2.24) is 0 Å². The second-order valence-corrected chi connectivity index (χ2v) is 5.37. The predicted molar refractivity (Wildman–Crippen MR) is 84.3 cm³/mol. The first-order valence-electron chi connectivity index (χ1n) is 7.23. The minimum atomic E-state index is 0.288. The van der Waals surface area contributed by atoms with Gasteiger partial charge in [-0.2, -0.15) is 0 Å². The van der Waals surface area contributed by atoms with Crippen LogP contribution >= 0.6 is 0 Å². The second-order valence-electron chi connectivity index (χ2n) is 5.37. The van der Waals surface area contributed by atoms with Gasteiger partial charge in [-0.15, -0.1) is 0 Å². The van der Waals surface area contributed by atoms with Gasteiger partial charge >= 0.3 is 0 Å². The van der Waals surface area contributed by atoms with E-state index in [0.717, 1.165) is 30.8 Å². The van der Waals surface area contributed by atoms with Gasteiger partial charge in [0.15, 0.2) is 0 Å². The minimum Gasteiger partial charge on any atom is -0.457 e. The number of rotatable bonds is 6. The molecule has 0 fully saturated rings. The smallest absolute Gasteiger partial charge is 0.127 e. The Morgan fingerprint density at radius 3 is 2.45 bits per heavy atom. The Balaban J connectivity index is 1.98. The van der Waals surface area contributed by atoms with E-state index < -0.39 is 0 Å². The van der Waals surface area contributed by atoms with Crippen molar-refractivity contribution in [2.45, 2.75) is 39.2 Å². The summed E-state index contributed by atoms with van der Waals surface area (Å²) in [5.74, 6) is 1.77. The molecule has 106 valence electrons. The second kappa shape index (κ2) is 7.11. The molecule has 0 aromatic heterocycles. The van der Waals surface area contributed by atoms with E-state index in [9.17, 15) is 0 Å². The van der Waals surface area contributed by atoms with E-state index in [1.807, 2.05) is 36.4 Å². The van der Waals surface area contributed by atoms with Gasteiger partial charge in [0.25, 0.3) is 0 Å². The average molecular weight is 269 g/mol. The number of nitrogens with two attached hydrogens (primary N) is 1. The van der Waals surface area contributed by atoms with Crippen LogP contribution in [0.2, 0.25) is 0 Å². The van der Waals surface area contributed by atoms with E-state index in [1.165, 1.54) is 11.1 Å². The molecule has 0 spiro atoms. The molecule has 0 radical (unpaired) electrons. The van der Waals surface area contributed by atoms with Gasteiger partial charge in [0, 0.05) is 6.04 Å². The fourth-order valence-electron chi connectivity index (χ4n) is 2.25. The molecule has 0 bridgehead atoms. The lowest BCUT2D eigenvalue weighted by molar-refractivity contribution is 0.482. The Morgan fingerprint density at radius 2 is 1.80 bits per heavy atom. The zero-order valence-electron chi connectivity index (χ0n) is 12.3. The van der Waals surface area contributed by atoms with E-state index in [-0.39, 0.29) is 6.04 Å². The molecule has 0 aliphatic heterocycles. The maximum Gasteiger partial charge on any atom is 0.127 e. The van der Waals surface area contributed by atoms with Gasteiger partial charge in [-0.3, -0.25) is 0 Å². The Labute approximate surface area is 121 Å². The highest BCUT2D eigenvalue weighted by molar-refractivity contribution is 5.37. The van der Waals surface area contributed by atoms with Crippen LogP contribution in [0.5, 0.6) is 11.5 Å². The maximum atomic E-state index is 5.84. The molecule has 0 saturated heterocycles. The van der Waals surface area contributed by atoms with Crippen molar-refractivity contribution in [3.8, 4) is 11.5 Å². The van der Waals surface area contributed by atoms with Crippen LogP contribution < -0.4 is 10.5 Å². The summed E-state index contributed by atoms with van der Waals surface area (Å²) in [7, 11) is 0. The lowest BCUT2D eigenvalue weighted by atomic mass is 10.0. The van der Waals surface area contributed by atoms with Gasteiger partial charge in [-0.25, -0.2) is 0 Å². The van der Waals surface area contributed by atoms with Crippen LogP contribution in [0.25, 0.3) is 0 Å². The Hall–Kier alpha value is -1.80. The molecule has 0 heterocycles. The third kappa shape index (κ3) is 4.39. The summed E-state index contributed by atoms with van der Waals surface area (Å²) >= 11 is 0. The summed E-state index contributed by atoms with van der Waals surface area (Å²) in [6, 6.07) is 16.5. The minimum absolute atomic E-state index is 0.288. The molecule has 20 heavy (non-hydrogen) atoms. The van der Waals surface area contributed by atoms with Crippen LogP contribution in [0.15, 0.2) is 48.5 Å². The quantitative estimate of drug-likeness (QED) is 0.840. The zero-order chi connectivity index (χ0) is 14.4. The molecule has 2 nitrogen and oxygen atoms in total. The van der Waals surface area contributed by atoms with E-state index in [2.05, 4.69) is 26.0 Å². The van der Waals surface area contributed by atoms with Crippen molar-refractivity contribution >= 4 is 0 Å². The third-order valence-corrected chi connectivity index (χ3v) is 3.40. The molecular formula is C18H23NO. The van der Waals surface area contributed by atoms with Crippen LogP contribution in [0.3, 0.4) is 0 Å². The molecule has 2 N–H and O–H groups in total. The lowest BCUT2D eigenvalue weighted by Crippen LogP contribution is -2.14. The highest BCUT2D eigenvalue weighted by Crippen LogP contribution is 2.24. The maximum absolute atomic E-state index is 5.84. The van der Waals surface area contributed by atoms with E-state index in [0.29, 0.717) is 0 Å². The number of aryl methyl sites for hydroxylation is 2. The van der Waals surface area contributed by atoms with Crippen LogP contribution in [-0.4, -0.2) is 6.04 Å². The van der Waals surface area contributed by atoms with Gasteiger partial charge in [0.05, 0.1) is 0 Å². The Bertz CT molecular complexity index is 534. The number of hydrogen-bond acceptors (Lipinski definition) is 2. The van der Waals surface area contributed by atoms with Crippen molar-refractivity contribution in [2.75, 3.05) is 0 Å². The normalized spacial score (nSPS) is 12.2. The van der Waals surface area contributed by atoms with Crippen LogP contribution in [0.4, 0.5) is 0 Å². The Kier molecular flexibility index (Phi) is 5.19. The Morgan fingerprint density at radius 1 is 1.05 bits per heavy atom. The van der Waals surface area contributed by atoms with Crippen molar-refractivity contribution in [2.24, 2.45) is 5.73 Å². The monoisotopic (exact) mass is 269 g/mol. The number of benzene rings is 2. The molecule has 2 rings (SSSR count). The van der Waals surface area contributed by atoms with E-state index >= 15 is 0 Å². The number of ether oxygens (including phenoxy) is 1. The summed E-state index contributed by atoms with van der Waals surface area (Å²) < 4.78 is 5.84. The fraction of sp³-hybridized carbons (Fsp3) is 0.333. The van der Waals surface area contributed by atoms with Crippen molar-refractivity contribution < 1.29 is 4.74 Å². The largest absolute Gasteiger partial charge is 0.457 e. The molecule has 1 unspecified atom stereocenters. The topological polar surface area (TPSA) is 35.2 Å². The number of hydrogen-bond donors (Lipinski definition) is 1. The van der Waals surface area contributed by atoms with Crippen molar-refractivity contribution in [3.05, 3.63) is 59.7 Å². The van der Waals surface area contributed by atoms with Crippen LogP contribution in [0, 0.1) is 6.92 Å². The first-order chi connectivity index (χ1) is 9.65. The van der Waals surface area contributed by atoms with Gasteiger partial charge in [-0.05, 0) is 68.5 Å². The summed E-state index contributed by atoms with van der Waals surface area (Å²) in [6.45, 7) is 4.20. The summed E-state index contributed by atoms with van der Waals surface area (Å²) in [5, 5.41) is 0.